The van der Waals surface area contributed by atoms with Gasteiger partial charge >= 0.3 is 19.8 Å². The summed E-state index contributed by atoms with van der Waals surface area (Å²) in [6, 6.07) is -0.948. The Morgan fingerprint density at radius 2 is 0.889 bits per heavy atom. The zero-order chi connectivity index (χ0) is 40.2. The molecule has 0 fully saturated rings. The largest absolute Gasteiger partial charge is 0.481 e. The molecule has 0 aromatic heterocycles. The standard InChI is InChI=1S/C43H84NO9P/c1-5-6-7-8-9-10-11-12-13-14-17-20-23-26-29-32-37-51-54(49,50)52-38-33-30-27-24-21-18-15-16-19-22-25-28-31-34-40(45)44-39(35-36-41(46)47)42(48)53-43(2,3)4/h39H,5-38H2,1-4H3,(H,44,45)(H,46,47)(H,49,50). The molecule has 0 aliphatic rings. The Morgan fingerprint density at radius 3 is 1.22 bits per heavy atom. The fraction of sp³-hybridized carbons (Fsp3) is 0.930. The Hall–Kier alpha value is -1.48. The van der Waals surface area contributed by atoms with E-state index < -0.39 is 31.4 Å². The molecule has 0 saturated heterocycles. The van der Waals surface area contributed by atoms with Gasteiger partial charge in [-0.3, -0.25) is 18.6 Å². The number of hydrogen-bond acceptors (Lipinski definition) is 7. The van der Waals surface area contributed by atoms with Crippen LogP contribution in [0.15, 0.2) is 0 Å². The average Bonchev–Trinajstić information content (AvgIpc) is 3.10. The van der Waals surface area contributed by atoms with Crippen LogP contribution in [-0.4, -0.2) is 52.7 Å². The monoisotopic (exact) mass is 790 g/mol. The molecule has 0 rings (SSSR count). The number of phosphoric ester groups is 1. The minimum atomic E-state index is -3.94. The minimum Gasteiger partial charge on any atom is -0.481 e. The number of carbonyl (C=O) groups is 3. The lowest BCUT2D eigenvalue weighted by atomic mass is 10.0. The van der Waals surface area contributed by atoms with Crippen molar-refractivity contribution in [1.29, 1.82) is 0 Å². The molecule has 1 amide bonds. The number of ether oxygens (including phenoxy) is 1. The highest BCUT2D eigenvalue weighted by Gasteiger charge is 2.27. The molecule has 0 saturated carbocycles. The Kier molecular flexibility index (Phi) is 34.9. The van der Waals surface area contributed by atoms with Crippen molar-refractivity contribution in [2.75, 3.05) is 13.2 Å². The van der Waals surface area contributed by atoms with Gasteiger partial charge < -0.3 is 20.1 Å². The Morgan fingerprint density at radius 1 is 0.556 bits per heavy atom. The van der Waals surface area contributed by atoms with Crippen LogP contribution in [0.1, 0.15) is 233 Å². The number of nitrogens with one attached hydrogen (secondary N) is 1. The maximum absolute atomic E-state index is 12.4. The first kappa shape index (κ1) is 52.5. The molecule has 0 bridgehead atoms. The van der Waals surface area contributed by atoms with E-state index in [9.17, 15) is 23.8 Å². The van der Waals surface area contributed by atoms with Gasteiger partial charge in [-0.2, -0.15) is 0 Å². The summed E-state index contributed by atoms with van der Waals surface area (Å²) in [5, 5.41) is 11.6. The Bertz CT molecular complexity index is 956. The number of phosphoric acid groups is 1. The van der Waals surface area contributed by atoms with Crippen LogP contribution in [-0.2, 0) is 32.7 Å². The second-order valence-electron chi connectivity index (χ2n) is 16.4. The lowest BCUT2D eigenvalue weighted by molar-refractivity contribution is -0.159. The maximum atomic E-state index is 12.4. The van der Waals surface area contributed by atoms with Gasteiger partial charge in [-0.1, -0.05) is 174 Å². The van der Waals surface area contributed by atoms with Gasteiger partial charge in [0.2, 0.25) is 5.91 Å². The highest BCUT2D eigenvalue weighted by atomic mass is 31.2. The third kappa shape index (κ3) is 38.8. The summed E-state index contributed by atoms with van der Waals surface area (Å²) in [4.78, 5) is 45.7. The van der Waals surface area contributed by atoms with Crippen LogP contribution in [0.25, 0.3) is 0 Å². The number of carbonyl (C=O) groups excluding carboxylic acids is 2. The third-order valence-electron chi connectivity index (χ3n) is 9.73. The van der Waals surface area contributed by atoms with Gasteiger partial charge in [0.1, 0.15) is 11.6 Å². The molecule has 0 radical (unpaired) electrons. The van der Waals surface area contributed by atoms with Crippen LogP contribution in [0.5, 0.6) is 0 Å². The van der Waals surface area contributed by atoms with Crippen LogP contribution >= 0.6 is 7.82 Å². The molecule has 0 heterocycles. The number of rotatable bonds is 40. The molecule has 11 heteroatoms. The summed E-state index contributed by atoms with van der Waals surface area (Å²) in [5.74, 6) is -1.87. The molecule has 0 aromatic carbocycles. The van der Waals surface area contributed by atoms with Gasteiger partial charge in [0, 0.05) is 12.8 Å². The van der Waals surface area contributed by atoms with Gasteiger partial charge in [-0.25, -0.2) is 9.36 Å². The van der Waals surface area contributed by atoms with Gasteiger partial charge in [0.05, 0.1) is 13.2 Å². The molecule has 2 unspecified atom stereocenters. The van der Waals surface area contributed by atoms with E-state index in [0.717, 1.165) is 64.2 Å². The van der Waals surface area contributed by atoms with Crippen LogP contribution in [0.4, 0.5) is 0 Å². The molecule has 0 aliphatic heterocycles. The summed E-state index contributed by atoms with van der Waals surface area (Å²) in [6.07, 6.45) is 34.7. The lowest BCUT2D eigenvalue weighted by Gasteiger charge is -2.24. The van der Waals surface area contributed by atoms with Crippen molar-refractivity contribution in [1.82, 2.24) is 5.32 Å². The SMILES string of the molecule is CCCCCCCCCCCCCCCCCCOP(=O)(O)OCCCCCCCCCCCCCCCC(=O)NC(CCC(=O)O)C(=O)OC(C)(C)C. The van der Waals surface area contributed by atoms with Crippen molar-refractivity contribution in [3.05, 3.63) is 0 Å². The van der Waals surface area contributed by atoms with E-state index >= 15 is 0 Å². The highest BCUT2D eigenvalue weighted by molar-refractivity contribution is 7.47. The zero-order valence-corrected chi connectivity index (χ0v) is 36.2. The molecule has 3 N–H and O–H groups in total. The maximum Gasteiger partial charge on any atom is 0.472 e. The number of carboxylic acid groups (broad SMARTS) is 1. The zero-order valence-electron chi connectivity index (χ0n) is 35.3. The first-order valence-corrected chi connectivity index (χ1v) is 23.7. The normalized spacial score (nSPS) is 13.4. The highest BCUT2D eigenvalue weighted by Crippen LogP contribution is 2.43. The fourth-order valence-corrected chi connectivity index (χ4v) is 7.33. The molecule has 54 heavy (non-hydrogen) atoms. The molecular formula is C43H84NO9P. The van der Waals surface area contributed by atoms with Crippen LogP contribution in [0, 0.1) is 0 Å². The average molecular weight is 790 g/mol. The van der Waals surface area contributed by atoms with Crippen molar-refractivity contribution in [3.8, 4) is 0 Å². The molecule has 10 nitrogen and oxygen atoms in total. The number of amides is 1. The molecular weight excluding hydrogens is 705 g/mol. The van der Waals surface area contributed by atoms with E-state index in [1.165, 1.54) is 122 Å². The molecule has 0 aliphatic carbocycles. The second-order valence-corrected chi connectivity index (χ2v) is 17.8. The van der Waals surface area contributed by atoms with E-state index in [0.29, 0.717) is 6.42 Å². The number of carboxylic acids is 1. The summed E-state index contributed by atoms with van der Waals surface area (Å²) >= 11 is 0. The summed E-state index contributed by atoms with van der Waals surface area (Å²) in [7, 11) is -3.94. The first-order chi connectivity index (χ1) is 25.9. The van der Waals surface area contributed by atoms with E-state index in [1.54, 1.807) is 20.8 Å². The first-order valence-electron chi connectivity index (χ1n) is 22.2. The van der Waals surface area contributed by atoms with Crippen molar-refractivity contribution in [2.24, 2.45) is 0 Å². The van der Waals surface area contributed by atoms with Gasteiger partial charge in [-0.05, 0) is 46.5 Å². The fourth-order valence-electron chi connectivity index (χ4n) is 6.54. The summed E-state index contributed by atoms with van der Waals surface area (Å²) in [5.41, 5.74) is -0.712. The van der Waals surface area contributed by atoms with Gasteiger partial charge in [0.25, 0.3) is 0 Å². The van der Waals surface area contributed by atoms with E-state index in [1.807, 2.05) is 0 Å². The van der Waals surface area contributed by atoms with Gasteiger partial charge in [-0.15, -0.1) is 0 Å². The molecule has 2 atom stereocenters. The summed E-state index contributed by atoms with van der Waals surface area (Å²) in [6.45, 7) is 8.02. The topological polar surface area (TPSA) is 148 Å². The molecule has 0 aromatic rings. The number of hydrogen-bond donors (Lipinski definition) is 3. The third-order valence-corrected chi connectivity index (χ3v) is 10.7. The summed E-state index contributed by atoms with van der Waals surface area (Å²) < 4.78 is 27.8. The quantitative estimate of drug-likeness (QED) is 0.0313. The van der Waals surface area contributed by atoms with Crippen LogP contribution in [0.2, 0.25) is 0 Å². The van der Waals surface area contributed by atoms with E-state index in [4.69, 9.17) is 18.9 Å². The van der Waals surface area contributed by atoms with Crippen molar-refractivity contribution in [3.63, 3.8) is 0 Å². The number of esters is 1. The van der Waals surface area contributed by atoms with E-state index in [2.05, 4.69) is 12.2 Å². The molecule has 320 valence electrons. The van der Waals surface area contributed by atoms with Crippen molar-refractivity contribution in [2.45, 2.75) is 245 Å². The van der Waals surface area contributed by atoms with E-state index in [-0.39, 0.29) is 32.0 Å². The Labute approximate surface area is 331 Å². The predicted molar refractivity (Wildman–Crippen MR) is 221 cm³/mol. The second kappa shape index (κ2) is 35.9. The van der Waals surface area contributed by atoms with Crippen molar-refractivity contribution >= 4 is 25.7 Å². The number of unbranched alkanes of at least 4 members (excludes halogenated alkanes) is 27. The number of aliphatic carboxylic acids is 1. The predicted octanol–water partition coefficient (Wildman–Crippen LogP) is 12.5. The lowest BCUT2D eigenvalue weighted by Crippen LogP contribution is -2.44. The Balaban J connectivity index is 3.55. The van der Waals surface area contributed by atoms with Crippen LogP contribution in [0.3, 0.4) is 0 Å². The van der Waals surface area contributed by atoms with Gasteiger partial charge in [0.15, 0.2) is 0 Å². The van der Waals surface area contributed by atoms with Crippen molar-refractivity contribution < 1.29 is 42.7 Å². The molecule has 0 spiro atoms. The minimum absolute atomic E-state index is 0.00915. The van der Waals surface area contributed by atoms with Crippen LogP contribution < -0.4 is 5.32 Å². The smallest absolute Gasteiger partial charge is 0.472 e.